The summed E-state index contributed by atoms with van der Waals surface area (Å²) in [5.41, 5.74) is 6.86. The van der Waals surface area contributed by atoms with Crippen LogP contribution in [0.25, 0.3) is 0 Å². The largest absolute Gasteiger partial charge is 0.0735 e. The van der Waals surface area contributed by atoms with E-state index in [0.717, 1.165) is 6.42 Å². The highest BCUT2D eigenvalue weighted by atomic mass is 14.5. The van der Waals surface area contributed by atoms with Gasteiger partial charge in [-0.3, -0.25) is 0 Å². The molecule has 0 fully saturated rings. The summed E-state index contributed by atoms with van der Waals surface area (Å²) in [6.07, 6.45) is 19.5. The lowest BCUT2D eigenvalue weighted by molar-refractivity contribution is 0.339. The van der Waals surface area contributed by atoms with Crippen molar-refractivity contribution in [3.63, 3.8) is 0 Å². The summed E-state index contributed by atoms with van der Waals surface area (Å²) in [6, 6.07) is 0. The Kier molecular flexibility index (Phi) is 4.60. The SMILES string of the molecule is CCC1(C)C(C2C=CC=C2)=C(C(C)C)C(C2C=CC=C2)=C1C(C)(C)C. The van der Waals surface area contributed by atoms with E-state index in [1.54, 1.807) is 22.3 Å². The van der Waals surface area contributed by atoms with Crippen LogP contribution in [0.1, 0.15) is 54.9 Å². The normalized spacial score (nSPS) is 27.2. The summed E-state index contributed by atoms with van der Waals surface area (Å²) in [5, 5.41) is 0. The molecule has 0 bridgehead atoms. The summed E-state index contributed by atoms with van der Waals surface area (Å²) in [4.78, 5) is 0. The van der Waals surface area contributed by atoms with Crippen LogP contribution in [-0.2, 0) is 0 Å². The van der Waals surface area contributed by atoms with Crippen molar-refractivity contribution in [3.05, 3.63) is 70.9 Å². The Morgan fingerprint density at radius 2 is 1.40 bits per heavy atom. The molecule has 1 unspecified atom stereocenters. The van der Waals surface area contributed by atoms with Crippen molar-refractivity contribution in [3.8, 4) is 0 Å². The van der Waals surface area contributed by atoms with Gasteiger partial charge >= 0.3 is 0 Å². The fourth-order valence-electron chi connectivity index (χ4n) is 5.37. The summed E-state index contributed by atoms with van der Waals surface area (Å²) < 4.78 is 0. The molecule has 0 spiro atoms. The minimum atomic E-state index is 0.140. The van der Waals surface area contributed by atoms with Gasteiger partial charge in [0.05, 0.1) is 0 Å². The van der Waals surface area contributed by atoms with Crippen LogP contribution in [0.15, 0.2) is 70.9 Å². The Morgan fingerprint density at radius 1 is 0.920 bits per heavy atom. The quantitative estimate of drug-likeness (QED) is 0.510. The highest BCUT2D eigenvalue weighted by Gasteiger charge is 2.49. The maximum absolute atomic E-state index is 2.50. The lowest BCUT2D eigenvalue weighted by atomic mass is 9.64. The van der Waals surface area contributed by atoms with Crippen LogP contribution in [0.3, 0.4) is 0 Å². The van der Waals surface area contributed by atoms with E-state index in [0.29, 0.717) is 17.8 Å². The minimum Gasteiger partial charge on any atom is -0.0735 e. The highest BCUT2D eigenvalue weighted by molar-refractivity contribution is 5.61. The summed E-state index contributed by atoms with van der Waals surface area (Å²) in [6.45, 7) is 16.8. The third-order valence-electron chi connectivity index (χ3n) is 6.19. The molecule has 0 N–H and O–H groups in total. The maximum Gasteiger partial charge on any atom is 0.0207 e. The van der Waals surface area contributed by atoms with Crippen molar-refractivity contribution in [1.29, 1.82) is 0 Å². The van der Waals surface area contributed by atoms with Crippen LogP contribution in [-0.4, -0.2) is 0 Å². The Hall–Kier alpha value is -1.56. The van der Waals surface area contributed by atoms with Gasteiger partial charge in [-0.2, -0.15) is 0 Å². The van der Waals surface area contributed by atoms with Gasteiger partial charge in [0.2, 0.25) is 0 Å². The molecule has 3 aliphatic rings. The van der Waals surface area contributed by atoms with Crippen molar-refractivity contribution in [1.82, 2.24) is 0 Å². The molecule has 0 saturated heterocycles. The van der Waals surface area contributed by atoms with Gasteiger partial charge in [-0.1, -0.05) is 103 Å². The zero-order chi connectivity index (χ0) is 18.4. The van der Waals surface area contributed by atoms with E-state index in [2.05, 4.69) is 97.1 Å². The van der Waals surface area contributed by atoms with Gasteiger partial charge in [0.25, 0.3) is 0 Å². The molecule has 3 rings (SSSR count). The van der Waals surface area contributed by atoms with Crippen molar-refractivity contribution in [2.24, 2.45) is 28.6 Å². The zero-order valence-electron chi connectivity index (χ0n) is 17.1. The molecule has 25 heavy (non-hydrogen) atoms. The third-order valence-corrected chi connectivity index (χ3v) is 6.19. The molecule has 0 aromatic heterocycles. The van der Waals surface area contributed by atoms with E-state index in [1.165, 1.54) is 0 Å². The van der Waals surface area contributed by atoms with Crippen LogP contribution in [0.2, 0.25) is 0 Å². The average Bonchev–Trinajstić information content (AvgIpc) is 3.24. The molecule has 0 nitrogen and oxygen atoms in total. The van der Waals surface area contributed by atoms with Crippen LogP contribution in [0.5, 0.6) is 0 Å². The van der Waals surface area contributed by atoms with Gasteiger partial charge in [0.15, 0.2) is 0 Å². The number of rotatable bonds is 4. The molecular formula is C25H34. The Balaban J connectivity index is 2.33. The first-order valence-electron chi connectivity index (χ1n) is 9.91. The maximum atomic E-state index is 2.50. The third kappa shape index (κ3) is 2.84. The fourth-order valence-corrected chi connectivity index (χ4v) is 5.37. The second-order valence-corrected chi connectivity index (χ2v) is 9.30. The Bertz CT molecular complexity index is 700. The van der Waals surface area contributed by atoms with Gasteiger partial charge in [-0.25, -0.2) is 0 Å². The number of hydrogen-bond donors (Lipinski definition) is 0. The van der Waals surface area contributed by atoms with E-state index in [9.17, 15) is 0 Å². The first kappa shape index (κ1) is 18.2. The van der Waals surface area contributed by atoms with E-state index in [1.807, 2.05) is 0 Å². The lowest BCUT2D eigenvalue weighted by Gasteiger charge is -2.40. The van der Waals surface area contributed by atoms with Gasteiger partial charge in [0, 0.05) is 17.3 Å². The summed E-state index contributed by atoms with van der Waals surface area (Å²) >= 11 is 0. The summed E-state index contributed by atoms with van der Waals surface area (Å²) in [5.74, 6) is 1.43. The van der Waals surface area contributed by atoms with Gasteiger partial charge in [-0.05, 0) is 34.5 Å². The molecule has 0 saturated carbocycles. The number of allylic oxidation sites excluding steroid dienone is 12. The lowest BCUT2D eigenvalue weighted by Crippen LogP contribution is -2.29. The van der Waals surface area contributed by atoms with E-state index < -0.39 is 0 Å². The van der Waals surface area contributed by atoms with Crippen LogP contribution >= 0.6 is 0 Å². The molecule has 0 aromatic carbocycles. The van der Waals surface area contributed by atoms with Crippen LogP contribution < -0.4 is 0 Å². The summed E-state index contributed by atoms with van der Waals surface area (Å²) in [7, 11) is 0. The van der Waals surface area contributed by atoms with E-state index >= 15 is 0 Å². The molecule has 3 aliphatic carbocycles. The fraction of sp³-hybridized carbons (Fsp3) is 0.520. The Morgan fingerprint density at radius 3 is 1.80 bits per heavy atom. The molecule has 134 valence electrons. The van der Waals surface area contributed by atoms with Crippen LogP contribution in [0.4, 0.5) is 0 Å². The highest BCUT2D eigenvalue weighted by Crippen LogP contribution is 2.61. The molecule has 0 radical (unpaired) electrons. The Labute approximate surface area is 154 Å². The van der Waals surface area contributed by atoms with Crippen molar-refractivity contribution >= 4 is 0 Å². The second kappa shape index (κ2) is 6.31. The van der Waals surface area contributed by atoms with Gasteiger partial charge < -0.3 is 0 Å². The molecule has 0 heteroatoms. The van der Waals surface area contributed by atoms with Crippen molar-refractivity contribution in [2.45, 2.75) is 54.9 Å². The van der Waals surface area contributed by atoms with Crippen molar-refractivity contribution in [2.75, 3.05) is 0 Å². The molecular weight excluding hydrogens is 300 g/mol. The van der Waals surface area contributed by atoms with Crippen molar-refractivity contribution < 1.29 is 0 Å². The van der Waals surface area contributed by atoms with Gasteiger partial charge in [-0.15, -0.1) is 0 Å². The second-order valence-electron chi connectivity index (χ2n) is 9.30. The van der Waals surface area contributed by atoms with Crippen LogP contribution in [0, 0.1) is 28.6 Å². The van der Waals surface area contributed by atoms with Gasteiger partial charge in [0.1, 0.15) is 0 Å². The molecule has 0 heterocycles. The molecule has 0 aromatic rings. The predicted molar refractivity (Wildman–Crippen MR) is 110 cm³/mol. The average molecular weight is 335 g/mol. The molecule has 1 atom stereocenters. The standard InChI is InChI=1S/C25H34/c1-8-25(7)22(19-15-11-12-16-19)20(17(2)3)21(18-13-9-10-14-18)23(25)24(4,5)6/h9-19H,8H2,1-7H3. The number of hydrogen-bond acceptors (Lipinski definition) is 0. The zero-order valence-corrected chi connectivity index (χ0v) is 17.1. The minimum absolute atomic E-state index is 0.140. The first-order valence-corrected chi connectivity index (χ1v) is 9.91. The van der Waals surface area contributed by atoms with E-state index in [-0.39, 0.29) is 10.8 Å². The molecule has 0 amide bonds. The monoisotopic (exact) mass is 334 g/mol. The smallest absolute Gasteiger partial charge is 0.0207 e. The first-order chi connectivity index (χ1) is 11.7. The topological polar surface area (TPSA) is 0 Å². The van der Waals surface area contributed by atoms with E-state index in [4.69, 9.17) is 0 Å². The predicted octanol–water partition coefficient (Wildman–Crippen LogP) is 7.20. The molecule has 0 aliphatic heterocycles.